The largest absolute Gasteiger partial charge is 0.339 e. The van der Waals surface area contributed by atoms with E-state index in [1.54, 1.807) is 6.20 Å². The number of aromatic nitrogens is 3. The van der Waals surface area contributed by atoms with E-state index in [1.807, 2.05) is 12.3 Å². The molecule has 2 aromatic rings. The molecule has 18 heavy (non-hydrogen) atoms. The Hall–Kier alpha value is -2.22. The molecule has 0 radical (unpaired) electrons. The summed E-state index contributed by atoms with van der Waals surface area (Å²) in [4.78, 5) is 8.48. The number of aryl methyl sites for hydroxylation is 1. The van der Waals surface area contributed by atoms with Crippen molar-refractivity contribution in [1.82, 2.24) is 15.1 Å². The topological polar surface area (TPSA) is 75.6 Å². The third-order valence-electron chi connectivity index (χ3n) is 3.24. The van der Waals surface area contributed by atoms with E-state index in [-0.39, 0.29) is 11.8 Å². The van der Waals surface area contributed by atoms with Gasteiger partial charge in [-0.3, -0.25) is 4.98 Å². The molecule has 1 aliphatic rings. The summed E-state index contributed by atoms with van der Waals surface area (Å²) in [5.74, 6) is 1.34. The fraction of sp³-hybridized carbons (Fsp3) is 0.385. The Morgan fingerprint density at radius 1 is 1.56 bits per heavy atom. The maximum absolute atomic E-state index is 8.80. The van der Waals surface area contributed by atoms with Crippen molar-refractivity contribution >= 4 is 0 Å². The van der Waals surface area contributed by atoms with E-state index in [1.165, 1.54) is 0 Å². The zero-order chi connectivity index (χ0) is 12.5. The highest BCUT2D eigenvalue weighted by molar-refractivity contribution is 5.58. The Labute approximate surface area is 104 Å². The molecule has 2 heterocycles. The fourth-order valence-electron chi connectivity index (χ4n) is 2.03. The molecule has 5 heteroatoms. The van der Waals surface area contributed by atoms with E-state index in [4.69, 9.17) is 9.78 Å². The van der Waals surface area contributed by atoms with Gasteiger partial charge in [0, 0.05) is 18.0 Å². The van der Waals surface area contributed by atoms with Crippen LogP contribution in [0.3, 0.4) is 0 Å². The quantitative estimate of drug-likeness (QED) is 0.822. The van der Waals surface area contributed by atoms with Crippen LogP contribution >= 0.6 is 0 Å². The van der Waals surface area contributed by atoms with E-state index < -0.39 is 0 Å². The summed E-state index contributed by atoms with van der Waals surface area (Å²) in [6.07, 6.45) is 5.24. The van der Waals surface area contributed by atoms with E-state index in [0.29, 0.717) is 11.7 Å². The van der Waals surface area contributed by atoms with Gasteiger partial charge in [-0.05, 0) is 24.5 Å². The first kappa shape index (κ1) is 10.9. The van der Waals surface area contributed by atoms with E-state index in [9.17, 15) is 0 Å². The van der Waals surface area contributed by atoms with Crippen LogP contribution in [0, 0.1) is 17.2 Å². The summed E-state index contributed by atoms with van der Waals surface area (Å²) in [6, 6.07) is 4.11. The third kappa shape index (κ3) is 1.76. The molecule has 0 amide bonds. The maximum atomic E-state index is 8.80. The molecule has 3 rings (SSSR count). The monoisotopic (exact) mass is 240 g/mol. The first-order valence-corrected chi connectivity index (χ1v) is 6.00. The molecule has 0 bridgehead atoms. The van der Waals surface area contributed by atoms with Gasteiger partial charge in [-0.1, -0.05) is 12.1 Å². The van der Waals surface area contributed by atoms with Crippen LogP contribution in [-0.4, -0.2) is 15.1 Å². The van der Waals surface area contributed by atoms with Gasteiger partial charge in [-0.15, -0.1) is 0 Å². The van der Waals surface area contributed by atoms with Crippen molar-refractivity contribution in [3.05, 3.63) is 29.9 Å². The van der Waals surface area contributed by atoms with Crippen molar-refractivity contribution in [2.24, 2.45) is 5.92 Å². The smallest absolute Gasteiger partial charge is 0.231 e. The molecular weight excluding hydrogens is 228 g/mol. The second-order valence-electron chi connectivity index (χ2n) is 4.42. The van der Waals surface area contributed by atoms with Crippen LogP contribution in [0.1, 0.15) is 30.7 Å². The number of pyridine rings is 1. The minimum Gasteiger partial charge on any atom is -0.339 e. The number of nitrogens with zero attached hydrogens (tertiary/aromatic N) is 4. The SMILES string of the molecule is CCc1cnccc1-c1noc(C2CC2C#N)n1. The van der Waals surface area contributed by atoms with Gasteiger partial charge in [0.15, 0.2) is 0 Å². The number of nitriles is 1. The van der Waals surface area contributed by atoms with Crippen LogP contribution < -0.4 is 0 Å². The van der Waals surface area contributed by atoms with Crippen LogP contribution in [0.15, 0.2) is 23.0 Å². The second kappa shape index (κ2) is 4.22. The summed E-state index contributed by atoms with van der Waals surface area (Å²) in [7, 11) is 0. The summed E-state index contributed by atoms with van der Waals surface area (Å²) < 4.78 is 5.24. The van der Waals surface area contributed by atoms with Gasteiger partial charge in [-0.2, -0.15) is 10.2 Å². The summed E-state index contributed by atoms with van der Waals surface area (Å²) >= 11 is 0. The lowest BCUT2D eigenvalue weighted by atomic mass is 10.1. The fourth-order valence-corrected chi connectivity index (χ4v) is 2.03. The third-order valence-corrected chi connectivity index (χ3v) is 3.24. The summed E-state index contributed by atoms with van der Waals surface area (Å²) in [5, 5.41) is 12.8. The lowest BCUT2D eigenvalue weighted by molar-refractivity contribution is 0.378. The first-order chi connectivity index (χ1) is 8.83. The highest BCUT2D eigenvalue weighted by Gasteiger charge is 2.43. The first-order valence-electron chi connectivity index (χ1n) is 6.00. The average Bonchev–Trinajstić information content (AvgIpc) is 3.06. The molecule has 2 atom stereocenters. The molecule has 1 fully saturated rings. The summed E-state index contributed by atoms with van der Waals surface area (Å²) in [6.45, 7) is 2.06. The lowest BCUT2D eigenvalue weighted by Crippen LogP contribution is -1.91. The minimum absolute atomic E-state index is 0.0429. The van der Waals surface area contributed by atoms with E-state index in [2.05, 4.69) is 28.1 Å². The second-order valence-corrected chi connectivity index (χ2v) is 4.42. The van der Waals surface area contributed by atoms with Gasteiger partial charge in [0.05, 0.1) is 17.9 Å². The van der Waals surface area contributed by atoms with Crippen LogP contribution in [-0.2, 0) is 6.42 Å². The molecule has 0 spiro atoms. The molecule has 1 aliphatic carbocycles. The number of hydrogen-bond donors (Lipinski definition) is 0. The van der Waals surface area contributed by atoms with Gasteiger partial charge in [0.25, 0.3) is 0 Å². The number of rotatable bonds is 3. The Morgan fingerprint density at radius 2 is 2.44 bits per heavy atom. The maximum Gasteiger partial charge on any atom is 0.231 e. The lowest BCUT2D eigenvalue weighted by Gasteiger charge is -2.00. The summed E-state index contributed by atoms with van der Waals surface area (Å²) in [5.41, 5.74) is 2.05. The standard InChI is InChI=1S/C13H12N4O/c1-2-8-7-15-4-3-10(8)12-16-13(18-17-12)11-5-9(11)6-14/h3-4,7,9,11H,2,5H2,1H3. The molecule has 0 saturated heterocycles. The Bertz CT molecular complexity index is 613. The van der Waals surface area contributed by atoms with Crippen LogP contribution in [0.4, 0.5) is 0 Å². The molecule has 2 aromatic heterocycles. The predicted molar refractivity (Wildman–Crippen MR) is 63.4 cm³/mol. The molecule has 0 aliphatic heterocycles. The van der Waals surface area contributed by atoms with Crippen molar-refractivity contribution in [3.8, 4) is 17.5 Å². The highest BCUT2D eigenvalue weighted by Crippen LogP contribution is 2.46. The zero-order valence-electron chi connectivity index (χ0n) is 10.00. The van der Waals surface area contributed by atoms with Crippen molar-refractivity contribution in [2.75, 3.05) is 0 Å². The van der Waals surface area contributed by atoms with Crippen LogP contribution in [0.5, 0.6) is 0 Å². The average molecular weight is 240 g/mol. The normalized spacial score (nSPS) is 21.6. The van der Waals surface area contributed by atoms with Gasteiger partial charge in [-0.25, -0.2) is 0 Å². The molecular formula is C13H12N4O. The van der Waals surface area contributed by atoms with E-state index in [0.717, 1.165) is 24.0 Å². The Kier molecular flexibility index (Phi) is 2.56. The molecule has 2 unspecified atom stereocenters. The van der Waals surface area contributed by atoms with Crippen molar-refractivity contribution in [1.29, 1.82) is 5.26 Å². The van der Waals surface area contributed by atoms with Gasteiger partial charge in [0.2, 0.25) is 11.7 Å². The molecule has 1 saturated carbocycles. The molecule has 90 valence electrons. The molecule has 5 nitrogen and oxygen atoms in total. The van der Waals surface area contributed by atoms with Crippen LogP contribution in [0.25, 0.3) is 11.4 Å². The van der Waals surface area contributed by atoms with Crippen molar-refractivity contribution in [2.45, 2.75) is 25.7 Å². The van der Waals surface area contributed by atoms with Gasteiger partial charge in [0.1, 0.15) is 0 Å². The van der Waals surface area contributed by atoms with Crippen molar-refractivity contribution < 1.29 is 4.52 Å². The van der Waals surface area contributed by atoms with Gasteiger partial charge < -0.3 is 4.52 Å². The number of hydrogen-bond acceptors (Lipinski definition) is 5. The highest BCUT2D eigenvalue weighted by atomic mass is 16.5. The Morgan fingerprint density at radius 3 is 3.17 bits per heavy atom. The zero-order valence-corrected chi connectivity index (χ0v) is 10.00. The molecule has 0 N–H and O–H groups in total. The van der Waals surface area contributed by atoms with E-state index >= 15 is 0 Å². The predicted octanol–water partition coefficient (Wildman–Crippen LogP) is 2.32. The van der Waals surface area contributed by atoms with Crippen molar-refractivity contribution in [3.63, 3.8) is 0 Å². The molecule has 0 aromatic carbocycles. The van der Waals surface area contributed by atoms with Gasteiger partial charge >= 0.3 is 0 Å². The minimum atomic E-state index is 0.0429. The van der Waals surface area contributed by atoms with Crippen LogP contribution in [0.2, 0.25) is 0 Å². The Balaban J connectivity index is 1.92.